The summed E-state index contributed by atoms with van der Waals surface area (Å²) in [5, 5.41) is 22.7. The minimum absolute atomic E-state index is 0.0275. The average molecular weight is 240 g/mol. The molecule has 1 unspecified atom stereocenters. The minimum Gasteiger partial charge on any atom is -0.496 e. The van der Waals surface area contributed by atoms with E-state index in [1.807, 2.05) is 0 Å². The van der Waals surface area contributed by atoms with Crippen LogP contribution in [0.25, 0.3) is 0 Å². The summed E-state index contributed by atoms with van der Waals surface area (Å²) in [6.07, 6.45) is -0.459. The standard InChI is InChI=1S/C11H16N2O4/c1-8(14)6-12-7-9-5-10(13(15)16)3-4-11(9)17-2/h3-5,8,12,14H,6-7H2,1-2H3. The van der Waals surface area contributed by atoms with Crippen LogP contribution in [0, 0.1) is 10.1 Å². The Morgan fingerprint density at radius 2 is 2.29 bits per heavy atom. The van der Waals surface area contributed by atoms with Crippen LogP contribution < -0.4 is 10.1 Å². The van der Waals surface area contributed by atoms with Gasteiger partial charge < -0.3 is 15.2 Å². The number of ether oxygens (including phenoxy) is 1. The molecule has 0 radical (unpaired) electrons. The molecule has 0 fully saturated rings. The topological polar surface area (TPSA) is 84.6 Å². The van der Waals surface area contributed by atoms with Gasteiger partial charge >= 0.3 is 0 Å². The molecule has 2 N–H and O–H groups in total. The summed E-state index contributed by atoms with van der Waals surface area (Å²) in [4.78, 5) is 10.2. The Bertz CT molecular complexity index is 393. The number of hydrogen-bond donors (Lipinski definition) is 2. The molecule has 0 saturated carbocycles. The van der Waals surface area contributed by atoms with E-state index < -0.39 is 11.0 Å². The molecule has 1 aromatic rings. The number of rotatable bonds is 6. The van der Waals surface area contributed by atoms with E-state index >= 15 is 0 Å². The maximum absolute atomic E-state index is 10.6. The second kappa shape index (κ2) is 6.17. The highest BCUT2D eigenvalue weighted by molar-refractivity contribution is 5.43. The van der Waals surface area contributed by atoms with Crippen LogP contribution in [-0.2, 0) is 6.54 Å². The Labute approximate surface area is 99.4 Å². The predicted octanol–water partition coefficient (Wildman–Crippen LogP) is 1.07. The summed E-state index contributed by atoms with van der Waals surface area (Å²) in [5.41, 5.74) is 0.724. The third-order valence-corrected chi connectivity index (χ3v) is 2.23. The molecule has 0 saturated heterocycles. The van der Waals surface area contributed by atoms with E-state index in [1.54, 1.807) is 13.0 Å². The van der Waals surface area contributed by atoms with Gasteiger partial charge in [-0.2, -0.15) is 0 Å². The van der Waals surface area contributed by atoms with Gasteiger partial charge in [-0.15, -0.1) is 0 Å². The first-order valence-electron chi connectivity index (χ1n) is 5.24. The van der Waals surface area contributed by atoms with Crippen molar-refractivity contribution in [2.24, 2.45) is 0 Å². The largest absolute Gasteiger partial charge is 0.496 e. The lowest BCUT2D eigenvalue weighted by molar-refractivity contribution is -0.384. The molecule has 0 spiro atoms. The average Bonchev–Trinajstić information content (AvgIpc) is 2.28. The number of nitro benzene ring substituents is 1. The van der Waals surface area contributed by atoms with Crippen molar-refractivity contribution in [3.05, 3.63) is 33.9 Å². The molecule has 0 aliphatic heterocycles. The third-order valence-electron chi connectivity index (χ3n) is 2.23. The molecule has 0 aromatic heterocycles. The Balaban J connectivity index is 2.79. The van der Waals surface area contributed by atoms with Gasteiger partial charge in [0.05, 0.1) is 18.1 Å². The number of non-ortho nitro benzene ring substituents is 1. The molecule has 0 heterocycles. The third kappa shape index (κ3) is 4.01. The van der Waals surface area contributed by atoms with Crippen LogP contribution in [0.4, 0.5) is 5.69 Å². The molecular formula is C11H16N2O4. The first-order valence-corrected chi connectivity index (χ1v) is 5.24. The lowest BCUT2D eigenvalue weighted by Gasteiger charge is -2.10. The first kappa shape index (κ1) is 13.4. The Morgan fingerprint density at radius 1 is 1.59 bits per heavy atom. The van der Waals surface area contributed by atoms with Crippen molar-refractivity contribution in [2.45, 2.75) is 19.6 Å². The molecule has 0 aliphatic carbocycles. The van der Waals surface area contributed by atoms with Crippen molar-refractivity contribution in [1.82, 2.24) is 5.32 Å². The fraction of sp³-hybridized carbons (Fsp3) is 0.455. The molecule has 1 atom stereocenters. The summed E-state index contributed by atoms with van der Waals surface area (Å²) in [5.74, 6) is 0.591. The van der Waals surface area contributed by atoms with Crippen LogP contribution in [0.5, 0.6) is 5.75 Å². The van der Waals surface area contributed by atoms with Gasteiger partial charge in [0.1, 0.15) is 5.75 Å². The van der Waals surface area contributed by atoms with Crippen molar-refractivity contribution >= 4 is 5.69 Å². The maximum atomic E-state index is 10.6. The van der Waals surface area contributed by atoms with E-state index in [0.29, 0.717) is 24.4 Å². The first-order chi connectivity index (χ1) is 8.04. The number of aliphatic hydroxyl groups is 1. The van der Waals surface area contributed by atoms with Crippen LogP contribution in [-0.4, -0.2) is 29.8 Å². The Morgan fingerprint density at radius 3 is 2.82 bits per heavy atom. The van der Waals surface area contributed by atoms with Crippen LogP contribution in [0.3, 0.4) is 0 Å². The van der Waals surface area contributed by atoms with E-state index in [2.05, 4.69) is 5.32 Å². The molecule has 6 nitrogen and oxygen atoms in total. The van der Waals surface area contributed by atoms with Crippen molar-refractivity contribution < 1.29 is 14.8 Å². The lowest BCUT2D eigenvalue weighted by atomic mass is 10.1. The van der Waals surface area contributed by atoms with Gasteiger partial charge in [0.2, 0.25) is 0 Å². The molecule has 1 rings (SSSR count). The molecular weight excluding hydrogens is 224 g/mol. The van der Waals surface area contributed by atoms with Crippen molar-refractivity contribution in [3.8, 4) is 5.75 Å². The van der Waals surface area contributed by atoms with E-state index in [9.17, 15) is 10.1 Å². The van der Waals surface area contributed by atoms with Gasteiger partial charge in [-0.25, -0.2) is 0 Å². The minimum atomic E-state index is -0.459. The monoisotopic (exact) mass is 240 g/mol. The molecule has 94 valence electrons. The summed E-state index contributed by atoms with van der Waals surface area (Å²) in [6.45, 7) is 2.50. The van der Waals surface area contributed by atoms with E-state index in [1.165, 1.54) is 19.2 Å². The molecule has 0 bridgehead atoms. The quantitative estimate of drug-likeness (QED) is 0.574. The second-order valence-corrected chi connectivity index (χ2v) is 3.73. The lowest BCUT2D eigenvalue weighted by Crippen LogP contribution is -2.24. The van der Waals surface area contributed by atoms with Crippen molar-refractivity contribution in [3.63, 3.8) is 0 Å². The molecule has 6 heteroatoms. The highest BCUT2D eigenvalue weighted by atomic mass is 16.6. The fourth-order valence-corrected chi connectivity index (χ4v) is 1.43. The summed E-state index contributed by atoms with van der Waals surface area (Å²) in [6, 6.07) is 4.43. The number of benzene rings is 1. The normalized spacial score (nSPS) is 12.2. The molecule has 1 aromatic carbocycles. The van der Waals surface area contributed by atoms with Gasteiger partial charge in [0.15, 0.2) is 0 Å². The highest BCUT2D eigenvalue weighted by Gasteiger charge is 2.11. The van der Waals surface area contributed by atoms with Crippen molar-refractivity contribution in [2.75, 3.05) is 13.7 Å². The van der Waals surface area contributed by atoms with Crippen LogP contribution in [0.2, 0.25) is 0 Å². The number of hydrogen-bond acceptors (Lipinski definition) is 5. The van der Waals surface area contributed by atoms with Gasteiger partial charge in [0, 0.05) is 30.8 Å². The van der Waals surface area contributed by atoms with Crippen LogP contribution in [0.15, 0.2) is 18.2 Å². The maximum Gasteiger partial charge on any atom is 0.270 e. The van der Waals surface area contributed by atoms with E-state index in [-0.39, 0.29) is 5.69 Å². The van der Waals surface area contributed by atoms with Gasteiger partial charge in [0.25, 0.3) is 5.69 Å². The van der Waals surface area contributed by atoms with Crippen LogP contribution in [0.1, 0.15) is 12.5 Å². The van der Waals surface area contributed by atoms with Gasteiger partial charge in [-0.1, -0.05) is 0 Å². The zero-order chi connectivity index (χ0) is 12.8. The highest BCUT2D eigenvalue weighted by Crippen LogP contribution is 2.23. The summed E-state index contributed by atoms with van der Waals surface area (Å²) < 4.78 is 5.11. The Hall–Kier alpha value is -1.66. The molecule has 0 amide bonds. The number of methoxy groups -OCH3 is 1. The smallest absolute Gasteiger partial charge is 0.270 e. The zero-order valence-corrected chi connectivity index (χ0v) is 9.84. The molecule has 0 aliphatic rings. The predicted molar refractivity (Wildman–Crippen MR) is 63.0 cm³/mol. The van der Waals surface area contributed by atoms with E-state index in [0.717, 1.165) is 0 Å². The van der Waals surface area contributed by atoms with Gasteiger partial charge in [-0.3, -0.25) is 10.1 Å². The van der Waals surface area contributed by atoms with Crippen molar-refractivity contribution in [1.29, 1.82) is 0 Å². The summed E-state index contributed by atoms with van der Waals surface area (Å²) in [7, 11) is 1.51. The molecule has 17 heavy (non-hydrogen) atoms. The second-order valence-electron chi connectivity index (χ2n) is 3.73. The zero-order valence-electron chi connectivity index (χ0n) is 9.84. The van der Waals surface area contributed by atoms with E-state index in [4.69, 9.17) is 9.84 Å². The Kier molecular flexibility index (Phi) is 4.86. The fourth-order valence-electron chi connectivity index (χ4n) is 1.43. The number of nitrogens with one attached hydrogen (secondary N) is 1. The SMILES string of the molecule is COc1ccc([N+](=O)[O-])cc1CNCC(C)O. The van der Waals surface area contributed by atoms with Crippen LogP contribution >= 0.6 is 0 Å². The number of aliphatic hydroxyl groups excluding tert-OH is 1. The van der Waals surface area contributed by atoms with Gasteiger partial charge in [-0.05, 0) is 13.0 Å². The number of nitro groups is 1. The summed E-state index contributed by atoms with van der Waals surface area (Å²) >= 11 is 0. The number of nitrogens with zero attached hydrogens (tertiary/aromatic N) is 1.